The molecule has 0 radical (unpaired) electrons. The fourth-order valence-corrected chi connectivity index (χ4v) is 7.49. The largest absolute Gasteiger partial charge is 0.140 e. The van der Waals surface area contributed by atoms with Crippen LogP contribution in [0.25, 0.3) is 32.0 Å². The molecule has 2 heteroatoms. The molecule has 1 fully saturated rings. The van der Waals surface area contributed by atoms with Crippen molar-refractivity contribution in [2.75, 3.05) is 0 Å². The smallest absolute Gasteiger partial charge is 0.0351 e. The van der Waals surface area contributed by atoms with Crippen molar-refractivity contribution < 1.29 is 0 Å². The van der Waals surface area contributed by atoms with Gasteiger partial charge in [0.05, 0.1) is 0 Å². The van der Waals surface area contributed by atoms with E-state index in [1.165, 1.54) is 90.6 Å². The van der Waals surface area contributed by atoms with Crippen molar-refractivity contribution in [2.45, 2.75) is 46.0 Å². The van der Waals surface area contributed by atoms with Crippen molar-refractivity contribution in [2.24, 2.45) is 0 Å². The zero-order valence-electron chi connectivity index (χ0n) is 20.4. The van der Waals surface area contributed by atoms with Crippen molar-refractivity contribution in [1.82, 2.24) is 0 Å². The second-order valence-electron chi connectivity index (χ2n) is 9.63. The Labute approximate surface area is 217 Å². The van der Waals surface area contributed by atoms with Gasteiger partial charge in [-0.15, -0.1) is 22.7 Å². The summed E-state index contributed by atoms with van der Waals surface area (Å²) in [6, 6.07) is 26.5. The Balaban J connectivity index is 1.47. The van der Waals surface area contributed by atoms with Crippen molar-refractivity contribution in [3.63, 3.8) is 0 Å². The Morgan fingerprint density at radius 2 is 1.03 bits per heavy atom. The van der Waals surface area contributed by atoms with Crippen molar-refractivity contribution in [3.8, 4) is 20.9 Å². The molecule has 0 amide bonds. The first-order valence-electron chi connectivity index (χ1n) is 12.7. The molecule has 6 rings (SSSR count). The minimum Gasteiger partial charge on any atom is -0.140 e. The Hall–Kier alpha value is -2.94. The molecule has 4 aromatic rings. The highest BCUT2D eigenvalue weighted by molar-refractivity contribution is 7.16. The lowest BCUT2D eigenvalue weighted by molar-refractivity contribution is 0.597. The topological polar surface area (TPSA) is 0 Å². The fraction of sp³-hybridized carbons (Fsp3) is 0.212. The second kappa shape index (κ2) is 9.60. The molecule has 0 saturated heterocycles. The molecule has 1 saturated carbocycles. The van der Waals surface area contributed by atoms with Gasteiger partial charge in [0.2, 0.25) is 0 Å². The predicted octanol–water partition coefficient (Wildman–Crippen LogP) is 10.5. The lowest BCUT2D eigenvalue weighted by Gasteiger charge is -2.15. The summed E-state index contributed by atoms with van der Waals surface area (Å²) in [5, 5.41) is 0. The van der Waals surface area contributed by atoms with Crippen molar-refractivity contribution in [1.29, 1.82) is 0 Å². The summed E-state index contributed by atoms with van der Waals surface area (Å²) < 4.78 is 0. The number of aryl methyl sites for hydroxylation is 2. The fourth-order valence-electron chi connectivity index (χ4n) is 5.41. The van der Waals surface area contributed by atoms with E-state index in [1.54, 1.807) is 5.57 Å². The highest BCUT2D eigenvalue weighted by atomic mass is 32.1. The van der Waals surface area contributed by atoms with E-state index in [1.807, 2.05) is 22.7 Å². The van der Waals surface area contributed by atoms with Gasteiger partial charge in [-0.1, -0.05) is 72.7 Å². The quantitative estimate of drug-likeness (QED) is 0.267. The maximum Gasteiger partial charge on any atom is 0.0351 e. The predicted molar refractivity (Wildman–Crippen MR) is 155 cm³/mol. The van der Waals surface area contributed by atoms with E-state index in [2.05, 4.69) is 98.8 Å². The summed E-state index contributed by atoms with van der Waals surface area (Å²) in [7, 11) is 0. The van der Waals surface area contributed by atoms with Gasteiger partial charge in [-0.05, 0) is 103 Å². The summed E-state index contributed by atoms with van der Waals surface area (Å²) in [6.45, 7) is 4.57. The average Bonchev–Trinajstić information content (AvgIpc) is 3.62. The molecule has 35 heavy (non-hydrogen) atoms. The van der Waals surface area contributed by atoms with Crippen LogP contribution in [0.15, 0.2) is 96.1 Å². The molecule has 2 aromatic heterocycles. The van der Waals surface area contributed by atoms with Crippen molar-refractivity contribution >= 4 is 33.8 Å². The van der Waals surface area contributed by atoms with Crippen LogP contribution in [0.3, 0.4) is 0 Å². The van der Waals surface area contributed by atoms with E-state index in [4.69, 9.17) is 0 Å². The maximum atomic E-state index is 2.50. The molecule has 0 bridgehead atoms. The molecular weight excluding hydrogens is 460 g/mol. The van der Waals surface area contributed by atoms with Crippen LogP contribution < -0.4 is 0 Å². The van der Waals surface area contributed by atoms with Gasteiger partial charge in [-0.2, -0.15) is 0 Å². The Kier molecular flexibility index (Phi) is 6.18. The summed E-state index contributed by atoms with van der Waals surface area (Å²) >= 11 is 3.83. The number of hydrogen-bond acceptors (Lipinski definition) is 2. The molecule has 0 N–H and O–H groups in total. The highest BCUT2D eigenvalue weighted by Crippen LogP contribution is 2.47. The number of hydrogen-bond donors (Lipinski definition) is 0. The second-order valence-corrected chi connectivity index (χ2v) is 12.1. The molecule has 174 valence electrons. The van der Waals surface area contributed by atoms with Gasteiger partial charge in [-0.3, -0.25) is 0 Å². The summed E-state index contributed by atoms with van der Waals surface area (Å²) in [6.07, 6.45) is 11.5. The number of benzene rings is 2. The van der Waals surface area contributed by atoms with E-state index in [9.17, 15) is 0 Å². The Morgan fingerprint density at radius 3 is 1.49 bits per heavy atom. The summed E-state index contributed by atoms with van der Waals surface area (Å²) in [5.41, 5.74) is 11.3. The van der Waals surface area contributed by atoms with Gasteiger partial charge in [0.25, 0.3) is 0 Å². The SMILES string of the molecule is Cc1sc(-c2ccccc2)cc1C1=CC(=C2CCCCC2)C=C1c1cc(-c2ccccc2)sc1C. The van der Waals surface area contributed by atoms with E-state index in [0.29, 0.717) is 0 Å². The number of allylic oxidation sites excluding steroid dienone is 6. The van der Waals surface area contributed by atoms with Gasteiger partial charge in [0.1, 0.15) is 0 Å². The molecule has 0 nitrogen and oxygen atoms in total. The number of thiophene rings is 2. The van der Waals surface area contributed by atoms with Crippen LogP contribution in [-0.4, -0.2) is 0 Å². The third-order valence-electron chi connectivity index (χ3n) is 7.29. The minimum absolute atomic E-state index is 1.25. The van der Waals surface area contributed by atoms with E-state index in [-0.39, 0.29) is 0 Å². The van der Waals surface area contributed by atoms with Gasteiger partial charge in [0, 0.05) is 19.5 Å². The molecule has 2 aliphatic carbocycles. The maximum absolute atomic E-state index is 2.50. The Bertz CT molecular complexity index is 1350. The van der Waals surface area contributed by atoms with Crippen LogP contribution in [0.1, 0.15) is 53.0 Å². The normalized spacial score (nSPS) is 15.9. The lowest BCUT2D eigenvalue weighted by atomic mass is 9.91. The Morgan fingerprint density at radius 1 is 0.571 bits per heavy atom. The number of rotatable bonds is 4. The standard InChI is InChI=1S/C33H30S2/c1-22-28(20-32(34-22)25-14-8-4-9-15-25)30-18-27(24-12-6-3-7-13-24)19-31(30)29-21-33(35-23(29)2)26-16-10-5-11-17-26/h4-5,8-11,14-21H,3,6-7,12-13H2,1-2H3. The molecule has 0 spiro atoms. The highest BCUT2D eigenvalue weighted by Gasteiger charge is 2.25. The van der Waals surface area contributed by atoms with Gasteiger partial charge in [0.15, 0.2) is 0 Å². The third-order valence-corrected chi connectivity index (χ3v) is 9.49. The van der Waals surface area contributed by atoms with Gasteiger partial charge < -0.3 is 0 Å². The first-order chi connectivity index (χ1) is 17.2. The first-order valence-corrected chi connectivity index (χ1v) is 14.3. The zero-order valence-corrected chi connectivity index (χ0v) is 22.1. The van der Waals surface area contributed by atoms with Crippen LogP contribution in [0.2, 0.25) is 0 Å². The molecule has 0 aliphatic heterocycles. The van der Waals surface area contributed by atoms with Crippen LogP contribution in [0.4, 0.5) is 0 Å². The average molecular weight is 491 g/mol. The van der Waals surface area contributed by atoms with Gasteiger partial charge in [-0.25, -0.2) is 0 Å². The molecule has 2 heterocycles. The van der Waals surface area contributed by atoms with Crippen LogP contribution in [0.5, 0.6) is 0 Å². The molecule has 0 atom stereocenters. The minimum atomic E-state index is 1.25. The van der Waals surface area contributed by atoms with Crippen LogP contribution in [0, 0.1) is 13.8 Å². The third kappa shape index (κ3) is 4.42. The van der Waals surface area contributed by atoms with E-state index < -0.39 is 0 Å². The molecule has 2 aromatic carbocycles. The van der Waals surface area contributed by atoms with Crippen molar-refractivity contribution in [3.05, 3.63) is 117 Å². The summed E-state index contributed by atoms with van der Waals surface area (Å²) in [4.78, 5) is 5.49. The molecular formula is C33H30S2. The first kappa shape index (κ1) is 22.5. The van der Waals surface area contributed by atoms with E-state index >= 15 is 0 Å². The van der Waals surface area contributed by atoms with Gasteiger partial charge >= 0.3 is 0 Å². The molecule has 0 unspecified atom stereocenters. The molecule has 2 aliphatic rings. The lowest BCUT2D eigenvalue weighted by Crippen LogP contribution is -1.95. The zero-order chi connectivity index (χ0) is 23.8. The monoisotopic (exact) mass is 490 g/mol. The van der Waals surface area contributed by atoms with E-state index in [0.717, 1.165) is 0 Å². The van der Waals surface area contributed by atoms with Crippen LogP contribution >= 0.6 is 22.7 Å². The summed E-state index contributed by atoms with van der Waals surface area (Å²) in [5.74, 6) is 0. The van der Waals surface area contributed by atoms with Crippen LogP contribution in [-0.2, 0) is 0 Å².